The number of aromatic nitrogens is 1. The van der Waals surface area contributed by atoms with Gasteiger partial charge < -0.3 is 29.5 Å². The van der Waals surface area contributed by atoms with E-state index in [1.165, 1.54) is 6.07 Å². The maximum Gasteiger partial charge on any atom is 0.248 e. The number of rotatable bonds is 8. The van der Waals surface area contributed by atoms with E-state index in [2.05, 4.69) is 35.8 Å². The van der Waals surface area contributed by atoms with Crippen LogP contribution in [0.3, 0.4) is 0 Å². The molecule has 0 radical (unpaired) electrons. The van der Waals surface area contributed by atoms with E-state index in [9.17, 15) is 9.90 Å². The van der Waals surface area contributed by atoms with Gasteiger partial charge >= 0.3 is 0 Å². The average Bonchev–Trinajstić information content (AvgIpc) is 3.28. The number of furan rings is 1. The number of ether oxygens (including phenoxy) is 1. The van der Waals surface area contributed by atoms with Crippen LogP contribution < -0.4 is 10.5 Å². The van der Waals surface area contributed by atoms with Crippen LogP contribution in [-0.4, -0.2) is 48.2 Å². The number of fused-ring (bicyclic) bond motifs is 2. The standard InChI is InChI=1S/C25H27N3O4/c1-27(2)11-4-12-28-15-17(19-14-18(31-3)7-8-21(19)28)6-10-23-24(29)20-13-16(25(26)30)5-9-22(20)32-23/h5-10,13-15,29H,4,11-12H2,1-3H3,(H2,26,30). The number of carbonyl (C=O) groups is 1. The molecule has 0 aliphatic rings. The summed E-state index contributed by atoms with van der Waals surface area (Å²) >= 11 is 0. The van der Waals surface area contributed by atoms with Gasteiger partial charge in [0.1, 0.15) is 11.3 Å². The first kappa shape index (κ1) is 21.5. The average molecular weight is 434 g/mol. The summed E-state index contributed by atoms with van der Waals surface area (Å²) in [6, 6.07) is 10.8. The normalized spacial score (nSPS) is 11.9. The van der Waals surface area contributed by atoms with Gasteiger partial charge in [0.15, 0.2) is 11.5 Å². The highest BCUT2D eigenvalue weighted by Crippen LogP contribution is 2.35. The van der Waals surface area contributed by atoms with Crippen LogP contribution in [0, 0.1) is 0 Å². The molecule has 0 saturated heterocycles. The van der Waals surface area contributed by atoms with Gasteiger partial charge in [-0.2, -0.15) is 0 Å². The highest BCUT2D eigenvalue weighted by atomic mass is 16.5. The van der Waals surface area contributed by atoms with Crippen molar-refractivity contribution in [2.24, 2.45) is 5.73 Å². The van der Waals surface area contributed by atoms with Crippen molar-refractivity contribution in [1.29, 1.82) is 0 Å². The molecule has 0 fully saturated rings. The van der Waals surface area contributed by atoms with Crippen LogP contribution >= 0.6 is 0 Å². The minimum atomic E-state index is -0.555. The highest BCUT2D eigenvalue weighted by molar-refractivity contribution is 5.99. The molecule has 1 amide bonds. The minimum absolute atomic E-state index is 0.0216. The summed E-state index contributed by atoms with van der Waals surface area (Å²) in [5.41, 5.74) is 8.25. The van der Waals surface area contributed by atoms with Crippen LogP contribution in [0.25, 0.3) is 34.0 Å². The van der Waals surface area contributed by atoms with Crippen molar-refractivity contribution in [2.45, 2.75) is 13.0 Å². The van der Waals surface area contributed by atoms with Gasteiger partial charge in [0.05, 0.1) is 12.5 Å². The van der Waals surface area contributed by atoms with E-state index in [1.54, 1.807) is 25.3 Å². The van der Waals surface area contributed by atoms with Gasteiger partial charge in [-0.3, -0.25) is 4.79 Å². The van der Waals surface area contributed by atoms with Gasteiger partial charge in [0, 0.05) is 34.8 Å². The van der Waals surface area contributed by atoms with Gasteiger partial charge in [-0.15, -0.1) is 0 Å². The summed E-state index contributed by atoms with van der Waals surface area (Å²) in [4.78, 5) is 13.6. The van der Waals surface area contributed by atoms with Gasteiger partial charge in [0.2, 0.25) is 5.91 Å². The lowest BCUT2D eigenvalue weighted by Crippen LogP contribution is -2.14. The fourth-order valence-corrected chi connectivity index (χ4v) is 3.84. The quantitative estimate of drug-likeness (QED) is 0.432. The van der Waals surface area contributed by atoms with Crippen molar-refractivity contribution in [3.05, 3.63) is 59.5 Å². The molecule has 4 aromatic rings. The topological polar surface area (TPSA) is 93.9 Å². The summed E-state index contributed by atoms with van der Waals surface area (Å²) in [6.45, 7) is 1.89. The molecule has 2 heterocycles. The van der Waals surface area contributed by atoms with Crippen LogP contribution in [0.15, 0.2) is 47.0 Å². The fraction of sp³-hybridized carbons (Fsp3) is 0.240. The summed E-state index contributed by atoms with van der Waals surface area (Å²) in [6.07, 6.45) is 6.77. The second-order valence-corrected chi connectivity index (χ2v) is 8.04. The second-order valence-electron chi connectivity index (χ2n) is 8.04. The molecule has 7 heteroatoms. The first-order valence-electron chi connectivity index (χ1n) is 10.4. The van der Waals surface area contributed by atoms with Crippen molar-refractivity contribution in [3.8, 4) is 11.5 Å². The minimum Gasteiger partial charge on any atom is -0.504 e. The van der Waals surface area contributed by atoms with Gasteiger partial charge in [-0.25, -0.2) is 0 Å². The number of primary amides is 1. The molecule has 4 rings (SSSR count). The van der Waals surface area contributed by atoms with Crippen molar-refractivity contribution < 1.29 is 19.1 Å². The highest BCUT2D eigenvalue weighted by Gasteiger charge is 2.14. The molecule has 0 aliphatic carbocycles. The summed E-state index contributed by atoms with van der Waals surface area (Å²) in [7, 11) is 5.79. The van der Waals surface area contributed by atoms with Crippen molar-refractivity contribution >= 4 is 39.9 Å². The molecule has 32 heavy (non-hydrogen) atoms. The van der Waals surface area contributed by atoms with Crippen LogP contribution in [0.4, 0.5) is 0 Å². The zero-order chi connectivity index (χ0) is 22.8. The summed E-state index contributed by atoms with van der Waals surface area (Å²) < 4.78 is 13.4. The van der Waals surface area contributed by atoms with E-state index in [1.807, 2.05) is 18.2 Å². The number of hydrogen-bond donors (Lipinski definition) is 2. The maximum absolute atomic E-state index is 11.4. The third-order valence-corrected chi connectivity index (χ3v) is 5.51. The number of nitrogens with zero attached hydrogens (tertiary/aromatic N) is 2. The number of hydrogen-bond acceptors (Lipinski definition) is 5. The van der Waals surface area contributed by atoms with Crippen LogP contribution in [0.1, 0.15) is 28.1 Å². The lowest BCUT2D eigenvalue weighted by atomic mass is 10.1. The Morgan fingerprint density at radius 2 is 2.00 bits per heavy atom. The largest absolute Gasteiger partial charge is 0.504 e. The Kier molecular flexibility index (Phi) is 5.92. The Bertz CT molecular complexity index is 1310. The molecule has 3 N–H and O–H groups in total. The summed E-state index contributed by atoms with van der Waals surface area (Å²) in [5.74, 6) is 0.522. The molecule has 2 aromatic carbocycles. The molecule has 0 bridgehead atoms. The molecule has 166 valence electrons. The first-order valence-corrected chi connectivity index (χ1v) is 10.4. The zero-order valence-corrected chi connectivity index (χ0v) is 18.5. The molecule has 0 unspecified atom stereocenters. The molecule has 0 spiro atoms. The molecule has 2 aromatic heterocycles. The third kappa shape index (κ3) is 4.20. The smallest absolute Gasteiger partial charge is 0.248 e. The van der Waals surface area contributed by atoms with E-state index in [-0.39, 0.29) is 5.75 Å². The summed E-state index contributed by atoms with van der Waals surface area (Å²) in [5, 5.41) is 12.1. The number of methoxy groups -OCH3 is 1. The molecule has 0 aliphatic heterocycles. The Labute approximate surface area is 186 Å². The number of nitrogens with two attached hydrogens (primary N) is 1. The zero-order valence-electron chi connectivity index (χ0n) is 18.5. The number of carbonyl (C=O) groups excluding carboxylic acids is 1. The van der Waals surface area contributed by atoms with Gasteiger partial charge in [0.25, 0.3) is 0 Å². The maximum atomic E-state index is 11.4. The van der Waals surface area contributed by atoms with E-state index in [0.29, 0.717) is 22.3 Å². The number of benzene rings is 2. The second kappa shape index (κ2) is 8.80. The van der Waals surface area contributed by atoms with Crippen molar-refractivity contribution in [2.75, 3.05) is 27.7 Å². The Hall–Kier alpha value is -3.71. The SMILES string of the molecule is COc1ccc2c(c1)c(C=Cc1oc3ccc(C(N)=O)cc3c1O)cn2CCCN(C)C. The molecular formula is C25H27N3O4. The van der Waals surface area contributed by atoms with Gasteiger partial charge in [-0.1, -0.05) is 0 Å². The predicted molar refractivity (Wildman–Crippen MR) is 127 cm³/mol. The first-order chi connectivity index (χ1) is 15.4. The van der Waals surface area contributed by atoms with E-state index in [0.717, 1.165) is 41.7 Å². The van der Waals surface area contributed by atoms with E-state index >= 15 is 0 Å². The van der Waals surface area contributed by atoms with Crippen LogP contribution in [0.2, 0.25) is 0 Å². The van der Waals surface area contributed by atoms with Crippen LogP contribution in [0.5, 0.6) is 11.5 Å². The predicted octanol–water partition coefficient (Wildman–Crippen LogP) is 4.32. The van der Waals surface area contributed by atoms with Crippen molar-refractivity contribution in [1.82, 2.24) is 9.47 Å². The number of aryl methyl sites for hydroxylation is 1. The number of amides is 1. The molecule has 0 saturated carbocycles. The van der Waals surface area contributed by atoms with Crippen LogP contribution in [-0.2, 0) is 6.54 Å². The number of aromatic hydroxyl groups is 1. The molecular weight excluding hydrogens is 406 g/mol. The Morgan fingerprint density at radius 1 is 1.19 bits per heavy atom. The Morgan fingerprint density at radius 3 is 2.72 bits per heavy atom. The lowest BCUT2D eigenvalue weighted by Gasteiger charge is -2.10. The third-order valence-electron chi connectivity index (χ3n) is 5.51. The molecule has 0 atom stereocenters. The van der Waals surface area contributed by atoms with E-state index in [4.69, 9.17) is 14.9 Å². The Balaban J connectivity index is 1.71. The fourth-order valence-electron chi connectivity index (χ4n) is 3.84. The van der Waals surface area contributed by atoms with E-state index < -0.39 is 5.91 Å². The van der Waals surface area contributed by atoms with Crippen molar-refractivity contribution in [3.63, 3.8) is 0 Å². The monoisotopic (exact) mass is 433 g/mol. The molecule has 7 nitrogen and oxygen atoms in total. The van der Waals surface area contributed by atoms with Gasteiger partial charge in [-0.05, 0) is 75.6 Å². The lowest BCUT2D eigenvalue weighted by molar-refractivity contribution is 0.100.